The Morgan fingerprint density at radius 1 is 1.08 bits per heavy atom. The van der Waals surface area contributed by atoms with E-state index >= 15 is 0 Å². The van der Waals surface area contributed by atoms with Crippen LogP contribution in [0.2, 0.25) is 0 Å². The maximum Gasteiger partial charge on any atom is 0.255 e. The molecule has 0 heterocycles. The third-order valence-electron chi connectivity index (χ3n) is 3.17. The van der Waals surface area contributed by atoms with Crippen LogP contribution in [0.3, 0.4) is 0 Å². The summed E-state index contributed by atoms with van der Waals surface area (Å²) in [6.07, 6.45) is 0. The largest absolute Gasteiger partial charge is 0.322 e. The van der Waals surface area contributed by atoms with Gasteiger partial charge in [0.15, 0.2) is 0 Å². The molecule has 0 unspecified atom stereocenters. The van der Waals surface area contributed by atoms with Crippen molar-refractivity contribution in [3.8, 4) is 5.40 Å². The Morgan fingerprint density at radius 2 is 1.67 bits per heavy atom. The van der Waals surface area contributed by atoms with Crippen molar-refractivity contribution in [2.24, 2.45) is 0 Å². The lowest BCUT2D eigenvalue weighted by Crippen LogP contribution is -2.22. The number of rotatable bonds is 5. The Labute approximate surface area is 145 Å². The van der Waals surface area contributed by atoms with Crippen LogP contribution in [0.4, 0.5) is 5.69 Å². The molecule has 6 nitrogen and oxygen atoms in total. The van der Waals surface area contributed by atoms with Crippen molar-refractivity contribution in [3.05, 3.63) is 54.1 Å². The zero-order valence-electron chi connectivity index (χ0n) is 13.1. The number of benzene rings is 2. The minimum absolute atomic E-state index is 0.127. The molecule has 0 saturated carbocycles. The number of carbonyl (C=O) groups excluding carboxylic acids is 1. The molecule has 0 saturated heterocycles. The number of thioether (sulfide) groups is 1. The van der Waals surface area contributed by atoms with E-state index in [1.54, 1.807) is 24.3 Å². The van der Waals surface area contributed by atoms with Gasteiger partial charge in [0.1, 0.15) is 5.40 Å². The number of sulfonamides is 1. The third-order valence-corrected chi connectivity index (χ3v) is 5.60. The molecule has 2 aromatic rings. The van der Waals surface area contributed by atoms with Crippen LogP contribution in [0.1, 0.15) is 10.4 Å². The molecule has 0 aliphatic rings. The third kappa shape index (κ3) is 4.14. The van der Waals surface area contributed by atoms with Crippen LogP contribution in [0, 0.1) is 10.7 Å². The van der Waals surface area contributed by atoms with Crippen molar-refractivity contribution in [2.45, 2.75) is 9.79 Å². The molecule has 124 valence electrons. The normalized spacial score (nSPS) is 11.1. The Bertz CT molecular complexity index is 868. The molecule has 2 aromatic carbocycles. The van der Waals surface area contributed by atoms with E-state index in [9.17, 15) is 13.2 Å². The number of hydrogen-bond acceptors (Lipinski definition) is 5. The van der Waals surface area contributed by atoms with E-state index in [0.717, 1.165) is 21.0 Å². The van der Waals surface area contributed by atoms with Gasteiger partial charge in [-0.25, -0.2) is 12.7 Å². The SMILES string of the molecule is CN(C)S(=O)(=O)c1ccc(C(=O)Nc2ccc(SC#N)cc2)cc1. The van der Waals surface area contributed by atoms with E-state index in [1.807, 2.05) is 5.40 Å². The zero-order valence-corrected chi connectivity index (χ0v) is 14.7. The molecule has 0 aliphatic carbocycles. The lowest BCUT2D eigenvalue weighted by Gasteiger charge is -2.11. The molecule has 0 aliphatic heterocycles. The second-order valence-corrected chi connectivity index (χ2v) is 7.99. The van der Waals surface area contributed by atoms with Crippen LogP contribution in [-0.4, -0.2) is 32.7 Å². The smallest absolute Gasteiger partial charge is 0.255 e. The lowest BCUT2D eigenvalue weighted by atomic mass is 10.2. The molecule has 0 bridgehead atoms. The van der Waals surface area contributed by atoms with Gasteiger partial charge < -0.3 is 5.32 Å². The maximum atomic E-state index is 12.2. The molecule has 1 amide bonds. The number of carbonyl (C=O) groups is 1. The standard InChI is InChI=1S/C16H15N3O3S2/c1-19(2)24(21,22)15-9-3-12(4-10-15)16(20)18-13-5-7-14(8-6-13)23-11-17/h3-10H,1-2H3,(H,18,20). The summed E-state index contributed by atoms with van der Waals surface area (Å²) in [4.78, 5) is 13.1. The minimum atomic E-state index is -3.52. The second-order valence-electron chi connectivity index (χ2n) is 4.98. The average molecular weight is 361 g/mol. The van der Waals surface area contributed by atoms with Crippen LogP contribution in [0.25, 0.3) is 0 Å². The van der Waals surface area contributed by atoms with Gasteiger partial charge in [-0.05, 0) is 60.3 Å². The van der Waals surface area contributed by atoms with Crippen LogP contribution < -0.4 is 5.32 Å². The van der Waals surface area contributed by atoms with E-state index in [1.165, 1.54) is 38.4 Å². The summed E-state index contributed by atoms with van der Waals surface area (Å²) in [5, 5.41) is 13.3. The molecule has 0 fully saturated rings. The number of thiocyanates is 1. The van der Waals surface area contributed by atoms with Crippen LogP contribution in [0.15, 0.2) is 58.3 Å². The highest BCUT2D eigenvalue weighted by atomic mass is 32.2. The van der Waals surface area contributed by atoms with Gasteiger partial charge in [0, 0.05) is 30.2 Å². The van der Waals surface area contributed by atoms with E-state index in [0.29, 0.717) is 11.3 Å². The topological polar surface area (TPSA) is 90.3 Å². The monoisotopic (exact) mass is 361 g/mol. The average Bonchev–Trinajstić information content (AvgIpc) is 2.57. The Hall–Kier alpha value is -2.34. The van der Waals surface area contributed by atoms with Crippen molar-refractivity contribution < 1.29 is 13.2 Å². The first kappa shape index (κ1) is 18.0. The number of nitrogens with one attached hydrogen (secondary N) is 1. The van der Waals surface area contributed by atoms with E-state index in [2.05, 4.69) is 5.32 Å². The van der Waals surface area contributed by atoms with Crippen LogP contribution in [-0.2, 0) is 10.0 Å². The predicted molar refractivity (Wildman–Crippen MR) is 93.2 cm³/mol. The first-order valence-corrected chi connectivity index (χ1v) is 9.10. The molecule has 0 aromatic heterocycles. The summed E-state index contributed by atoms with van der Waals surface area (Å²) in [5.41, 5.74) is 0.940. The highest BCUT2D eigenvalue weighted by Gasteiger charge is 2.17. The number of nitrogens with zero attached hydrogens (tertiary/aromatic N) is 2. The summed E-state index contributed by atoms with van der Waals surface area (Å²) in [6, 6.07) is 12.6. The van der Waals surface area contributed by atoms with Gasteiger partial charge in [0.2, 0.25) is 10.0 Å². The van der Waals surface area contributed by atoms with E-state index in [4.69, 9.17) is 5.26 Å². The molecular formula is C16H15N3O3S2. The van der Waals surface area contributed by atoms with Crippen molar-refractivity contribution in [3.63, 3.8) is 0 Å². The molecule has 0 radical (unpaired) electrons. The molecule has 8 heteroatoms. The van der Waals surface area contributed by atoms with E-state index in [-0.39, 0.29) is 10.8 Å². The van der Waals surface area contributed by atoms with Crippen LogP contribution >= 0.6 is 11.8 Å². The molecular weight excluding hydrogens is 346 g/mol. The summed E-state index contributed by atoms with van der Waals surface area (Å²) in [5.74, 6) is -0.343. The number of nitriles is 1. The molecule has 1 N–H and O–H groups in total. The first-order chi connectivity index (χ1) is 11.3. The fourth-order valence-corrected chi connectivity index (χ4v) is 3.13. The summed E-state index contributed by atoms with van der Waals surface area (Å²) in [7, 11) is -0.618. The Balaban J connectivity index is 2.12. The van der Waals surface area contributed by atoms with Crippen molar-refractivity contribution >= 4 is 33.4 Å². The van der Waals surface area contributed by atoms with Crippen molar-refractivity contribution in [1.29, 1.82) is 5.26 Å². The van der Waals surface area contributed by atoms with Gasteiger partial charge >= 0.3 is 0 Å². The minimum Gasteiger partial charge on any atom is -0.322 e. The summed E-state index contributed by atoms with van der Waals surface area (Å²) >= 11 is 1.04. The summed E-state index contributed by atoms with van der Waals surface area (Å²) in [6.45, 7) is 0. The second kappa shape index (κ2) is 7.49. The molecule has 24 heavy (non-hydrogen) atoms. The zero-order chi connectivity index (χ0) is 17.7. The van der Waals surface area contributed by atoms with Crippen molar-refractivity contribution in [2.75, 3.05) is 19.4 Å². The number of anilines is 1. The fourth-order valence-electron chi connectivity index (χ4n) is 1.85. The van der Waals surface area contributed by atoms with Gasteiger partial charge in [-0.1, -0.05) is 0 Å². The van der Waals surface area contributed by atoms with Crippen LogP contribution in [0.5, 0.6) is 0 Å². The summed E-state index contributed by atoms with van der Waals surface area (Å²) < 4.78 is 25.1. The van der Waals surface area contributed by atoms with Gasteiger partial charge in [-0.3, -0.25) is 4.79 Å². The first-order valence-electron chi connectivity index (χ1n) is 6.84. The highest BCUT2D eigenvalue weighted by Crippen LogP contribution is 2.20. The van der Waals surface area contributed by atoms with Gasteiger partial charge in [-0.2, -0.15) is 5.26 Å². The molecule has 2 rings (SSSR count). The Morgan fingerprint density at radius 3 is 2.17 bits per heavy atom. The predicted octanol–water partition coefficient (Wildman–Crippen LogP) is 2.76. The number of hydrogen-bond donors (Lipinski definition) is 1. The van der Waals surface area contributed by atoms with Gasteiger partial charge in [0.05, 0.1) is 4.90 Å². The molecule has 0 atom stereocenters. The van der Waals surface area contributed by atoms with Gasteiger partial charge in [0.25, 0.3) is 5.91 Å². The van der Waals surface area contributed by atoms with Gasteiger partial charge in [-0.15, -0.1) is 0 Å². The maximum absolute atomic E-state index is 12.2. The quantitative estimate of drug-likeness (QED) is 0.653. The highest BCUT2D eigenvalue weighted by molar-refractivity contribution is 8.03. The van der Waals surface area contributed by atoms with E-state index < -0.39 is 10.0 Å². The lowest BCUT2D eigenvalue weighted by molar-refractivity contribution is 0.102. The molecule has 0 spiro atoms. The van der Waals surface area contributed by atoms with Crippen molar-refractivity contribution in [1.82, 2.24) is 4.31 Å². The fraction of sp³-hybridized carbons (Fsp3) is 0.125. The Kier molecular flexibility index (Phi) is 5.62. The number of amides is 1.